The molecule has 0 aliphatic heterocycles. The van der Waals surface area contributed by atoms with E-state index >= 15 is 0 Å². The van der Waals surface area contributed by atoms with Crippen LogP contribution >= 0.6 is 0 Å². The van der Waals surface area contributed by atoms with Gasteiger partial charge in [-0.15, -0.1) is 0 Å². The summed E-state index contributed by atoms with van der Waals surface area (Å²) in [6.07, 6.45) is 4.26. The van der Waals surface area contributed by atoms with E-state index < -0.39 is 0 Å². The lowest BCUT2D eigenvalue weighted by atomic mass is 9.86. The smallest absolute Gasteiger partial charge is 0.133 e. The van der Waals surface area contributed by atoms with Crippen LogP contribution in [0, 0.1) is 12.8 Å². The topological polar surface area (TPSA) is 58.0 Å². The van der Waals surface area contributed by atoms with E-state index in [1.807, 2.05) is 13.0 Å². The molecule has 2 unspecified atom stereocenters. The number of hydrogen-bond donors (Lipinski definition) is 2. The van der Waals surface area contributed by atoms with E-state index in [1.54, 1.807) is 0 Å². The normalized spacial score (nSPS) is 23.6. The molecule has 19 heavy (non-hydrogen) atoms. The predicted molar refractivity (Wildman–Crippen MR) is 77.3 cm³/mol. The van der Waals surface area contributed by atoms with Crippen LogP contribution in [0.15, 0.2) is 6.07 Å². The average Bonchev–Trinajstić information content (AvgIpc) is 2.37. The fourth-order valence-electron chi connectivity index (χ4n) is 2.60. The van der Waals surface area contributed by atoms with Crippen molar-refractivity contribution in [1.29, 1.82) is 0 Å². The molecular weight excluding hydrogens is 238 g/mol. The standard InChI is InChI=1S/C15H25N3O/c1-10(2)15-17-11(3)8-14(18-15)16-9-12-6-4-5-7-13(12)19/h8,10,12-13,19H,4-7,9H2,1-3H3,(H,16,17,18). The first-order chi connectivity index (χ1) is 9.06. The molecule has 0 radical (unpaired) electrons. The number of anilines is 1. The molecular formula is C15H25N3O. The summed E-state index contributed by atoms with van der Waals surface area (Å²) in [5.74, 6) is 2.45. The first kappa shape index (κ1) is 14.3. The van der Waals surface area contributed by atoms with Crippen molar-refractivity contribution < 1.29 is 5.11 Å². The Balaban J connectivity index is 1.98. The molecule has 2 rings (SSSR count). The zero-order chi connectivity index (χ0) is 13.8. The van der Waals surface area contributed by atoms with Crippen molar-refractivity contribution in [3.63, 3.8) is 0 Å². The van der Waals surface area contributed by atoms with Crippen LogP contribution in [-0.2, 0) is 0 Å². The lowest BCUT2D eigenvalue weighted by molar-refractivity contribution is 0.0763. The van der Waals surface area contributed by atoms with E-state index in [0.717, 1.165) is 43.1 Å². The van der Waals surface area contributed by atoms with Crippen LogP contribution in [0.1, 0.15) is 57.0 Å². The Morgan fingerprint density at radius 1 is 1.32 bits per heavy atom. The maximum absolute atomic E-state index is 9.97. The van der Waals surface area contributed by atoms with Gasteiger partial charge in [0.15, 0.2) is 0 Å². The molecule has 1 saturated carbocycles. The summed E-state index contributed by atoms with van der Waals surface area (Å²) in [4.78, 5) is 8.98. The van der Waals surface area contributed by atoms with Gasteiger partial charge in [-0.3, -0.25) is 0 Å². The molecule has 2 atom stereocenters. The number of nitrogens with one attached hydrogen (secondary N) is 1. The molecule has 106 valence electrons. The number of aliphatic hydroxyl groups is 1. The lowest BCUT2D eigenvalue weighted by Crippen LogP contribution is -2.30. The lowest BCUT2D eigenvalue weighted by Gasteiger charge is -2.27. The van der Waals surface area contributed by atoms with Gasteiger partial charge in [-0.05, 0) is 19.8 Å². The molecule has 1 heterocycles. The fourth-order valence-corrected chi connectivity index (χ4v) is 2.60. The van der Waals surface area contributed by atoms with Crippen molar-refractivity contribution in [2.45, 2.75) is 58.5 Å². The van der Waals surface area contributed by atoms with Crippen LogP contribution in [0.2, 0.25) is 0 Å². The Labute approximate surface area is 115 Å². The molecule has 0 aromatic carbocycles. The second-order valence-corrected chi connectivity index (χ2v) is 5.90. The van der Waals surface area contributed by atoms with Crippen molar-refractivity contribution in [2.24, 2.45) is 5.92 Å². The van der Waals surface area contributed by atoms with E-state index in [4.69, 9.17) is 0 Å². The van der Waals surface area contributed by atoms with Gasteiger partial charge in [0.25, 0.3) is 0 Å². The van der Waals surface area contributed by atoms with Crippen molar-refractivity contribution in [3.05, 3.63) is 17.6 Å². The molecule has 1 aliphatic rings. The van der Waals surface area contributed by atoms with Crippen LogP contribution < -0.4 is 5.32 Å². The van der Waals surface area contributed by atoms with Gasteiger partial charge in [0.2, 0.25) is 0 Å². The second kappa shape index (κ2) is 6.33. The van der Waals surface area contributed by atoms with E-state index in [2.05, 4.69) is 29.1 Å². The highest BCUT2D eigenvalue weighted by Crippen LogP contribution is 2.24. The third kappa shape index (κ3) is 3.90. The van der Waals surface area contributed by atoms with Crippen LogP contribution in [0.5, 0.6) is 0 Å². The zero-order valence-electron chi connectivity index (χ0n) is 12.2. The maximum Gasteiger partial charge on any atom is 0.133 e. The molecule has 0 amide bonds. The van der Waals surface area contributed by atoms with E-state index in [1.165, 1.54) is 6.42 Å². The minimum atomic E-state index is -0.159. The Morgan fingerprint density at radius 3 is 2.74 bits per heavy atom. The first-order valence-electron chi connectivity index (χ1n) is 7.33. The number of hydrogen-bond acceptors (Lipinski definition) is 4. The molecule has 0 spiro atoms. The van der Waals surface area contributed by atoms with E-state index in [-0.39, 0.29) is 6.10 Å². The summed E-state index contributed by atoms with van der Waals surface area (Å²) in [5.41, 5.74) is 0.991. The van der Waals surface area contributed by atoms with Gasteiger partial charge in [-0.1, -0.05) is 26.7 Å². The third-order valence-corrected chi connectivity index (χ3v) is 3.80. The molecule has 2 N–H and O–H groups in total. The highest BCUT2D eigenvalue weighted by atomic mass is 16.3. The minimum Gasteiger partial charge on any atom is -0.393 e. The van der Waals surface area contributed by atoms with Gasteiger partial charge in [0.1, 0.15) is 11.6 Å². The molecule has 1 fully saturated rings. The zero-order valence-corrected chi connectivity index (χ0v) is 12.2. The van der Waals surface area contributed by atoms with Gasteiger partial charge in [-0.2, -0.15) is 0 Å². The molecule has 1 aliphatic carbocycles. The summed E-state index contributed by atoms with van der Waals surface area (Å²) >= 11 is 0. The van der Waals surface area contributed by atoms with Gasteiger partial charge >= 0.3 is 0 Å². The average molecular weight is 263 g/mol. The second-order valence-electron chi connectivity index (χ2n) is 5.90. The summed E-state index contributed by atoms with van der Waals surface area (Å²) in [6.45, 7) is 7.00. The third-order valence-electron chi connectivity index (χ3n) is 3.80. The first-order valence-corrected chi connectivity index (χ1v) is 7.33. The highest BCUT2D eigenvalue weighted by Gasteiger charge is 2.22. The number of aliphatic hydroxyl groups excluding tert-OH is 1. The van der Waals surface area contributed by atoms with Gasteiger partial charge < -0.3 is 10.4 Å². The largest absolute Gasteiger partial charge is 0.393 e. The maximum atomic E-state index is 9.97. The van der Waals surface area contributed by atoms with Crippen molar-refractivity contribution in [1.82, 2.24) is 9.97 Å². The van der Waals surface area contributed by atoms with Crippen LogP contribution in [0.3, 0.4) is 0 Å². The molecule has 0 bridgehead atoms. The SMILES string of the molecule is Cc1cc(NCC2CCCCC2O)nc(C(C)C)n1. The number of rotatable bonds is 4. The summed E-state index contributed by atoms with van der Waals surface area (Å²) in [7, 11) is 0. The van der Waals surface area contributed by atoms with Crippen LogP contribution in [0.4, 0.5) is 5.82 Å². The van der Waals surface area contributed by atoms with Crippen molar-refractivity contribution in [3.8, 4) is 0 Å². The molecule has 4 heteroatoms. The van der Waals surface area contributed by atoms with E-state index in [9.17, 15) is 5.11 Å². The molecule has 4 nitrogen and oxygen atoms in total. The predicted octanol–water partition coefficient (Wildman–Crippen LogP) is 2.87. The Morgan fingerprint density at radius 2 is 2.05 bits per heavy atom. The Kier molecular flexibility index (Phi) is 4.75. The Hall–Kier alpha value is -1.16. The minimum absolute atomic E-state index is 0.159. The number of aromatic nitrogens is 2. The number of nitrogens with zero attached hydrogens (tertiary/aromatic N) is 2. The fraction of sp³-hybridized carbons (Fsp3) is 0.733. The van der Waals surface area contributed by atoms with Gasteiger partial charge in [-0.25, -0.2) is 9.97 Å². The van der Waals surface area contributed by atoms with Crippen LogP contribution in [0.25, 0.3) is 0 Å². The Bertz CT molecular complexity index is 420. The summed E-state index contributed by atoms with van der Waals surface area (Å²) < 4.78 is 0. The number of aryl methyl sites for hydroxylation is 1. The summed E-state index contributed by atoms with van der Waals surface area (Å²) in [6, 6.07) is 1.97. The molecule has 1 aromatic heterocycles. The quantitative estimate of drug-likeness (QED) is 0.877. The van der Waals surface area contributed by atoms with Crippen molar-refractivity contribution in [2.75, 3.05) is 11.9 Å². The monoisotopic (exact) mass is 263 g/mol. The van der Waals surface area contributed by atoms with E-state index in [0.29, 0.717) is 11.8 Å². The van der Waals surface area contributed by atoms with Gasteiger partial charge in [0, 0.05) is 30.1 Å². The van der Waals surface area contributed by atoms with Crippen LogP contribution in [-0.4, -0.2) is 27.7 Å². The molecule has 1 aromatic rings. The van der Waals surface area contributed by atoms with Gasteiger partial charge in [0.05, 0.1) is 6.10 Å². The summed E-state index contributed by atoms with van der Waals surface area (Å²) in [5, 5.41) is 13.3. The highest BCUT2D eigenvalue weighted by molar-refractivity contribution is 5.36. The van der Waals surface area contributed by atoms with Crippen molar-refractivity contribution >= 4 is 5.82 Å². The molecule has 0 saturated heterocycles.